The molecule has 1 aliphatic heterocycles. The summed E-state index contributed by atoms with van der Waals surface area (Å²) in [4.78, 5) is 28.3. The topological polar surface area (TPSA) is 63.4 Å². The van der Waals surface area contributed by atoms with Crippen LogP contribution in [-0.4, -0.2) is 36.7 Å². The number of imidazole rings is 1. The van der Waals surface area contributed by atoms with E-state index in [-0.39, 0.29) is 5.91 Å². The van der Waals surface area contributed by atoms with Crippen LogP contribution in [-0.2, 0) is 13.0 Å². The number of fused-ring (bicyclic) bond motifs is 2. The van der Waals surface area contributed by atoms with E-state index in [4.69, 9.17) is 0 Å². The zero-order valence-corrected chi connectivity index (χ0v) is 15.5. The maximum Gasteiger partial charge on any atom is 0.256 e. The van der Waals surface area contributed by atoms with Crippen molar-refractivity contribution in [2.75, 3.05) is 6.54 Å². The largest absolute Gasteiger partial charge is 0.332 e. The summed E-state index contributed by atoms with van der Waals surface area (Å²) in [5.41, 5.74) is 6.43. The van der Waals surface area contributed by atoms with Gasteiger partial charge in [-0.25, -0.2) is 4.98 Å². The van der Waals surface area contributed by atoms with E-state index in [2.05, 4.69) is 21.9 Å². The van der Waals surface area contributed by atoms with Crippen molar-refractivity contribution in [3.8, 4) is 11.3 Å². The minimum absolute atomic E-state index is 0.000215. The Morgan fingerprint density at radius 3 is 2.82 bits per heavy atom. The molecule has 0 saturated heterocycles. The molecule has 6 heteroatoms. The molecule has 5 heterocycles. The second-order valence-electron chi connectivity index (χ2n) is 7.11. The lowest BCUT2D eigenvalue weighted by molar-refractivity contribution is 0.0725. The summed E-state index contributed by atoms with van der Waals surface area (Å²) in [6, 6.07) is 9.82. The summed E-state index contributed by atoms with van der Waals surface area (Å²) in [5, 5.41) is 0. The van der Waals surface area contributed by atoms with E-state index in [0.717, 1.165) is 34.6 Å². The fraction of sp³-hybridized carbons (Fsp3) is 0.182. The van der Waals surface area contributed by atoms with E-state index >= 15 is 0 Å². The second kappa shape index (κ2) is 6.56. The third-order valence-electron chi connectivity index (χ3n) is 5.15. The second-order valence-corrected chi connectivity index (χ2v) is 7.11. The molecule has 1 amide bonds. The summed E-state index contributed by atoms with van der Waals surface area (Å²) in [7, 11) is 0. The smallest absolute Gasteiger partial charge is 0.256 e. The van der Waals surface area contributed by atoms with Crippen molar-refractivity contribution in [2.24, 2.45) is 0 Å². The molecule has 0 bridgehead atoms. The third-order valence-corrected chi connectivity index (χ3v) is 5.15. The Morgan fingerprint density at radius 1 is 1.07 bits per heavy atom. The van der Waals surface area contributed by atoms with Gasteiger partial charge in [0.2, 0.25) is 0 Å². The van der Waals surface area contributed by atoms with Gasteiger partial charge < -0.3 is 9.30 Å². The van der Waals surface area contributed by atoms with Crippen LogP contribution in [0.25, 0.3) is 16.9 Å². The van der Waals surface area contributed by atoms with Crippen LogP contribution in [0.15, 0.2) is 61.3 Å². The fourth-order valence-electron chi connectivity index (χ4n) is 3.78. The molecule has 0 radical (unpaired) electrons. The lowest BCUT2D eigenvalue weighted by atomic mass is 9.94. The SMILES string of the molecule is Cc1ccc2nc(CN3CCc4c(cncc4-c4ccccn4)C3=O)cn2c1. The first-order chi connectivity index (χ1) is 13.7. The predicted octanol–water partition coefficient (Wildman–Crippen LogP) is 3.30. The van der Waals surface area contributed by atoms with Gasteiger partial charge in [0.15, 0.2) is 0 Å². The number of aromatic nitrogens is 4. The molecule has 0 fully saturated rings. The molecule has 0 atom stereocenters. The van der Waals surface area contributed by atoms with Crippen molar-refractivity contribution in [3.63, 3.8) is 0 Å². The number of carbonyl (C=O) groups is 1. The minimum atomic E-state index is -0.000215. The van der Waals surface area contributed by atoms with E-state index in [1.807, 2.05) is 52.0 Å². The molecule has 0 saturated carbocycles. The van der Waals surface area contributed by atoms with Crippen LogP contribution in [0.5, 0.6) is 0 Å². The average Bonchev–Trinajstić information content (AvgIpc) is 3.12. The highest BCUT2D eigenvalue weighted by atomic mass is 16.2. The molecule has 0 aliphatic carbocycles. The molecule has 0 spiro atoms. The number of aryl methyl sites for hydroxylation is 1. The van der Waals surface area contributed by atoms with Crippen molar-refractivity contribution in [1.82, 2.24) is 24.3 Å². The van der Waals surface area contributed by atoms with E-state index in [9.17, 15) is 4.79 Å². The summed E-state index contributed by atoms with van der Waals surface area (Å²) >= 11 is 0. The Kier molecular flexibility index (Phi) is 3.90. The van der Waals surface area contributed by atoms with E-state index in [1.165, 1.54) is 5.56 Å². The van der Waals surface area contributed by atoms with Crippen molar-refractivity contribution < 1.29 is 4.79 Å². The zero-order chi connectivity index (χ0) is 19.1. The van der Waals surface area contributed by atoms with Crippen LogP contribution in [0.3, 0.4) is 0 Å². The third kappa shape index (κ3) is 2.83. The molecule has 138 valence electrons. The molecule has 0 aromatic carbocycles. The monoisotopic (exact) mass is 369 g/mol. The Bertz CT molecular complexity index is 1180. The van der Waals surface area contributed by atoms with Crippen molar-refractivity contribution in [3.05, 3.63) is 83.7 Å². The van der Waals surface area contributed by atoms with Gasteiger partial charge in [0.05, 0.1) is 23.5 Å². The van der Waals surface area contributed by atoms with Gasteiger partial charge in [-0.3, -0.25) is 14.8 Å². The van der Waals surface area contributed by atoms with Crippen molar-refractivity contribution in [1.29, 1.82) is 0 Å². The molecular formula is C22H19N5O. The Balaban J connectivity index is 1.45. The Labute approximate surface area is 162 Å². The Morgan fingerprint density at radius 2 is 1.96 bits per heavy atom. The van der Waals surface area contributed by atoms with Crippen LogP contribution < -0.4 is 0 Å². The van der Waals surface area contributed by atoms with Gasteiger partial charge in [0.25, 0.3) is 5.91 Å². The van der Waals surface area contributed by atoms with Gasteiger partial charge >= 0.3 is 0 Å². The van der Waals surface area contributed by atoms with Gasteiger partial charge in [0, 0.05) is 43.1 Å². The van der Waals surface area contributed by atoms with Crippen LogP contribution >= 0.6 is 0 Å². The molecule has 28 heavy (non-hydrogen) atoms. The van der Waals surface area contributed by atoms with Crippen molar-refractivity contribution >= 4 is 11.6 Å². The molecule has 1 aliphatic rings. The summed E-state index contributed by atoms with van der Waals surface area (Å²) in [6.07, 6.45) is 10.0. The summed E-state index contributed by atoms with van der Waals surface area (Å²) in [6.45, 7) is 3.20. The standard InChI is InChI=1S/C22H19N5O/c1-15-5-6-21-25-16(14-27(21)12-15)13-26-9-7-17-18(20-4-2-3-8-24-20)10-23-11-19(17)22(26)28/h2-6,8,10-12,14H,7,9,13H2,1H3. The van der Waals surface area contributed by atoms with Crippen LogP contribution in [0.2, 0.25) is 0 Å². The first-order valence-electron chi connectivity index (χ1n) is 9.31. The summed E-state index contributed by atoms with van der Waals surface area (Å²) < 4.78 is 2.01. The Hall–Kier alpha value is -3.54. The quantitative estimate of drug-likeness (QED) is 0.556. The minimum Gasteiger partial charge on any atom is -0.332 e. The highest BCUT2D eigenvalue weighted by Gasteiger charge is 2.27. The molecule has 6 nitrogen and oxygen atoms in total. The number of pyridine rings is 3. The maximum absolute atomic E-state index is 13.1. The van der Waals surface area contributed by atoms with Crippen molar-refractivity contribution in [2.45, 2.75) is 19.9 Å². The number of hydrogen-bond acceptors (Lipinski definition) is 4. The number of rotatable bonds is 3. The number of amides is 1. The summed E-state index contributed by atoms with van der Waals surface area (Å²) in [5.74, 6) is -0.000215. The van der Waals surface area contributed by atoms with Gasteiger partial charge in [-0.2, -0.15) is 0 Å². The van der Waals surface area contributed by atoms with E-state index in [1.54, 1.807) is 18.6 Å². The highest BCUT2D eigenvalue weighted by molar-refractivity contribution is 5.98. The number of nitrogens with zero attached hydrogens (tertiary/aromatic N) is 5. The zero-order valence-electron chi connectivity index (χ0n) is 15.5. The lowest BCUT2D eigenvalue weighted by Crippen LogP contribution is -2.37. The van der Waals surface area contributed by atoms with E-state index in [0.29, 0.717) is 18.7 Å². The molecule has 0 N–H and O–H groups in total. The van der Waals surface area contributed by atoms with Crippen LogP contribution in [0, 0.1) is 6.92 Å². The molecular weight excluding hydrogens is 350 g/mol. The van der Waals surface area contributed by atoms with Gasteiger partial charge in [-0.05, 0) is 42.7 Å². The molecule has 4 aromatic rings. The molecule has 4 aromatic heterocycles. The van der Waals surface area contributed by atoms with Gasteiger partial charge in [0.1, 0.15) is 5.65 Å². The van der Waals surface area contributed by atoms with E-state index < -0.39 is 0 Å². The highest BCUT2D eigenvalue weighted by Crippen LogP contribution is 2.28. The average molecular weight is 369 g/mol. The van der Waals surface area contributed by atoms with Gasteiger partial charge in [-0.1, -0.05) is 12.1 Å². The number of hydrogen-bond donors (Lipinski definition) is 0. The lowest BCUT2D eigenvalue weighted by Gasteiger charge is -2.28. The van der Waals surface area contributed by atoms with Crippen LogP contribution in [0.1, 0.15) is 27.2 Å². The number of carbonyl (C=O) groups excluding carboxylic acids is 1. The van der Waals surface area contributed by atoms with Gasteiger partial charge in [-0.15, -0.1) is 0 Å². The fourth-order valence-corrected chi connectivity index (χ4v) is 3.78. The maximum atomic E-state index is 13.1. The normalized spacial score (nSPS) is 13.8. The predicted molar refractivity (Wildman–Crippen MR) is 106 cm³/mol. The van der Waals surface area contributed by atoms with Crippen LogP contribution in [0.4, 0.5) is 0 Å². The molecule has 0 unspecified atom stereocenters. The first kappa shape index (κ1) is 16.6. The molecule has 5 rings (SSSR count). The first-order valence-corrected chi connectivity index (χ1v) is 9.31.